The number of hydrogen-bond donors (Lipinski definition) is 0. The number of benzene rings is 2. The molecule has 4 rings (SSSR count). The second kappa shape index (κ2) is 8.99. The van der Waals surface area contributed by atoms with Gasteiger partial charge in [0.05, 0.1) is 17.3 Å². The van der Waals surface area contributed by atoms with Crippen molar-refractivity contribution in [3.8, 4) is 0 Å². The van der Waals surface area contributed by atoms with Crippen molar-refractivity contribution in [2.24, 2.45) is 0 Å². The lowest BCUT2D eigenvalue weighted by atomic mass is 9.96. The smallest absolute Gasteiger partial charge is 0.340 e. The van der Waals surface area contributed by atoms with Gasteiger partial charge in [0.25, 0.3) is 0 Å². The Morgan fingerprint density at radius 3 is 2.36 bits per heavy atom. The molecule has 0 radical (unpaired) electrons. The van der Waals surface area contributed by atoms with Crippen LogP contribution in [0.25, 0.3) is 11.0 Å². The molecule has 0 saturated carbocycles. The molecule has 1 aromatic heterocycles. The topological polar surface area (TPSA) is 83.5 Å². The molecule has 7 nitrogen and oxygen atoms in total. The lowest BCUT2D eigenvalue weighted by molar-refractivity contribution is -0.137. The van der Waals surface area contributed by atoms with Gasteiger partial charge in [0.15, 0.2) is 0 Å². The monoisotopic (exact) mass is 498 g/mol. The van der Waals surface area contributed by atoms with Crippen molar-refractivity contribution < 1.29 is 26.4 Å². The van der Waals surface area contributed by atoms with E-state index in [0.717, 1.165) is 23.9 Å². The van der Waals surface area contributed by atoms with Crippen molar-refractivity contribution in [3.63, 3.8) is 0 Å². The molecular weight excluding hydrogens is 477 g/mol. The van der Waals surface area contributed by atoms with Crippen LogP contribution in [0.15, 0.2) is 47.4 Å². The molecule has 0 bridgehead atoms. The third-order valence-electron chi connectivity index (χ3n) is 5.75. The van der Waals surface area contributed by atoms with Gasteiger partial charge in [-0.05, 0) is 35.7 Å². The van der Waals surface area contributed by atoms with E-state index in [2.05, 4.69) is 8.75 Å². The van der Waals surface area contributed by atoms with E-state index >= 15 is 0 Å². The summed E-state index contributed by atoms with van der Waals surface area (Å²) in [5, 5.41) is 0. The molecule has 2 heterocycles. The lowest BCUT2D eigenvalue weighted by Crippen LogP contribution is -2.50. The Morgan fingerprint density at radius 1 is 1.06 bits per heavy atom. The summed E-state index contributed by atoms with van der Waals surface area (Å²) in [6.45, 7) is 2.56. The van der Waals surface area contributed by atoms with E-state index in [4.69, 9.17) is 0 Å². The van der Waals surface area contributed by atoms with Gasteiger partial charge in [-0.2, -0.15) is 26.2 Å². The fraction of sp³-hybridized carbons (Fsp3) is 0.381. The first-order valence-corrected chi connectivity index (χ1v) is 12.4. The number of fused-ring (bicyclic) bond motifs is 1. The maximum atomic E-state index is 13.1. The maximum Gasteiger partial charge on any atom is 0.416 e. The van der Waals surface area contributed by atoms with Gasteiger partial charge in [-0.15, -0.1) is 0 Å². The molecule has 0 aliphatic carbocycles. The summed E-state index contributed by atoms with van der Waals surface area (Å²) in [7, 11) is -3.78. The third kappa shape index (κ3) is 4.87. The fourth-order valence-electron chi connectivity index (χ4n) is 3.82. The molecule has 2 aromatic carbocycles. The summed E-state index contributed by atoms with van der Waals surface area (Å²) >= 11 is 0.948. The van der Waals surface area contributed by atoms with E-state index in [0.29, 0.717) is 16.6 Å². The first-order chi connectivity index (χ1) is 15.6. The van der Waals surface area contributed by atoms with E-state index in [-0.39, 0.29) is 49.3 Å². The molecule has 1 amide bonds. The second-order valence-corrected chi connectivity index (χ2v) is 10.3. The van der Waals surface area contributed by atoms with Crippen molar-refractivity contribution >= 4 is 38.7 Å². The third-order valence-corrected chi connectivity index (χ3v) is 8.22. The molecule has 33 heavy (non-hydrogen) atoms. The van der Waals surface area contributed by atoms with Gasteiger partial charge in [0.2, 0.25) is 15.9 Å². The molecule has 12 heteroatoms. The van der Waals surface area contributed by atoms with Crippen LogP contribution in [0.5, 0.6) is 0 Å². The van der Waals surface area contributed by atoms with Crippen molar-refractivity contribution in [2.45, 2.75) is 30.3 Å². The highest BCUT2D eigenvalue weighted by molar-refractivity contribution is 7.89. The summed E-state index contributed by atoms with van der Waals surface area (Å²) in [5.41, 5.74) is 0.771. The van der Waals surface area contributed by atoms with Gasteiger partial charge in [0, 0.05) is 32.6 Å². The van der Waals surface area contributed by atoms with Crippen LogP contribution in [0.3, 0.4) is 0 Å². The van der Waals surface area contributed by atoms with Gasteiger partial charge in [-0.25, -0.2) is 8.42 Å². The predicted molar refractivity (Wildman–Crippen MR) is 117 cm³/mol. The van der Waals surface area contributed by atoms with E-state index in [1.165, 1.54) is 22.5 Å². The summed E-state index contributed by atoms with van der Waals surface area (Å²) in [6, 6.07) is 9.63. The molecular formula is C21H21F3N4O3S2. The van der Waals surface area contributed by atoms with Gasteiger partial charge in [-0.3, -0.25) is 4.79 Å². The van der Waals surface area contributed by atoms with E-state index in [1.54, 1.807) is 24.0 Å². The number of amides is 1. The van der Waals surface area contributed by atoms with Crippen LogP contribution in [0.1, 0.15) is 30.4 Å². The number of rotatable bonds is 5. The molecule has 0 N–H and O–H groups in total. The van der Waals surface area contributed by atoms with Crippen LogP contribution in [0, 0.1) is 0 Å². The molecule has 1 fully saturated rings. The Kier molecular flexibility index (Phi) is 6.43. The number of carbonyl (C=O) groups excluding carboxylic acids is 1. The molecule has 1 aliphatic heterocycles. The minimum atomic E-state index is -4.40. The van der Waals surface area contributed by atoms with Gasteiger partial charge in [0.1, 0.15) is 15.9 Å². The maximum absolute atomic E-state index is 13.1. The highest BCUT2D eigenvalue weighted by Gasteiger charge is 2.33. The van der Waals surface area contributed by atoms with Crippen LogP contribution in [-0.4, -0.2) is 58.5 Å². The molecule has 0 spiro atoms. The number of hydrogen-bond acceptors (Lipinski definition) is 6. The Morgan fingerprint density at radius 2 is 1.73 bits per heavy atom. The molecule has 1 atom stereocenters. The van der Waals surface area contributed by atoms with Crippen LogP contribution in [-0.2, 0) is 21.0 Å². The SMILES string of the molecule is CC(CC(=O)N1CCN(S(=O)(=O)c2cccc3nsnc23)CC1)c1ccc(C(F)(F)F)cc1. The number of piperazine rings is 1. The summed E-state index contributed by atoms with van der Waals surface area (Å²) < 4.78 is 74.0. The van der Waals surface area contributed by atoms with Crippen LogP contribution < -0.4 is 0 Å². The Balaban J connectivity index is 1.37. The first kappa shape index (κ1) is 23.6. The summed E-state index contributed by atoms with van der Waals surface area (Å²) in [4.78, 5) is 14.4. The Bertz CT molecular complexity index is 1250. The number of carbonyl (C=O) groups is 1. The van der Waals surface area contributed by atoms with Crippen molar-refractivity contribution in [3.05, 3.63) is 53.6 Å². The minimum Gasteiger partial charge on any atom is -0.340 e. The number of nitrogens with zero attached hydrogens (tertiary/aromatic N) is 4. The zero-order chi connectivity index (χ0) is 23.8. The number of sulfonamides is 1. The number of alkyl halides is 3. The molecule has 3 aromatic rings. The fourth-order valence-corrected chi connectivity index (χ4v) is 5.99. The lowest BCUT2D eigenvalue weighted by Gasteiger charge is -2.34. The zero-order valence-corrected chi connectivity index (χ0v) is 19.3. The largest absolute Gasteiger partial charge is 0.416 e. The first-order valence-electron chi connectivity index (χ1n) is 10.2. The normalized spacial score (nSPS) is 16.8. The summed E-state index contributed by atoms with van der Waals surface area (Å²) in [5.74, 6) is -0.429. The number of aromatic nitrogens is 2. The highest BCUT2D eigenvalue weighted by atomic mass is 32.2. The Hall–Kier alpha value is -2.57. The standard InChI is InChI=1S/C21H21F3N4O3S2/c1-14(15-5-7-16(8-6-15)21(22,23)24)13-19(29)27-9-11-28(12-10-27)33(30,31)18-4-2-3-17-20(18)26-32-25-17/h2-8,14H,9-13H2,1H3. The molecule has 1 saturated heterocycles. The second-order valence-electron chi connectivity index (χ2n) is 7.90. The average molecular weight is 499 g/mol. The average Bonchev–Trinajstić information content (AvgIpc) is 3.27. The molecule has 1 aliphatic rings. The molecule has 176 valence electrons. The molecule has 1 unspecified atom stereocenters. The van der Waals surface area contributed by atoms with E-state index in [1.807, 2.05) is 0 Å². The van der Waals surface area contributed by atoms with Crippen LogP contribution >= 0.6 is 11.7 Å². The Labute approximate surface area is 193 Å². The van der Waals surface area contributed by atoms with Gasteiger partial charge in [-0.1, -0.05) is 25.1 Å². The predicted octanol–water partition coefficient (Wildman–Crippen LogP) is 3.74. The van der Waals surface area contributed by atoms with Crippen LogP contribution in [0.4, 0.5) is 13.2 Å². The quantitative estimate of drug-likeness (QED) is 0.535. The minimum absolute atomic E-state index is 0.101. The highest BCUT2D eigenvalue weighted by Crippen LogP contribution is 2.31. The van der Waals surface area contributed by atoms with Crippen molar-refractivity contribution in [1.82, 2.24) is 18.0 Å². The van der Waals surface area contributed by atoms with E-state index in [9.17, 15) is 26.4 Å². The number of halogens is 3. The van der Waals surface area contributed by atoms with E-state index < -0.39 is 21.8 Å². The van der Waals surface area contributed by atoms with Crippen LogP contribution in [0.2, 0.25) is 0 Å². The van der Waals surface area contributed by atoms with Gasteiger partial charge < -0.3 is 4.90 Å². The zero-order valence-electron chi connectivity index (χ0n) is 17.6. The summed E-state index contributed by atoms with van der Waals surface area (Å²) in [6.07, 6.45) is -4.28. The van der Waals surface area contributed by atoms with Gasteiger partial charge >= 0.3 is 6.18 Å². The van der Waals surface area contributed by atoms with Crippen molar-refractivity contribution in [1.29, 1.82) is 0 Å². The van der Waals surface area contributed by atoms with Crippen molar-refractivity contribution in [2.75, 3.05) is 26.2 Å².